The van der Waals surface area contributed by atoms with Crippen LogP contribution in [0.15, 0.2) is 48.5 Å². The van der Waals surface area contributed by atoms with Crippen molar-refractivity contribution in [2.24, 2.45) is 0 Å². The van der Waals surface area contributed by atoms with Gasteiger partial charge in [-0.05, 0) is 25.1 Å². The van der Waals surface area contributed by atoms with E-state index < -0.39 is 11.9 Å². The molecule has 0 spiro atoms. The van der Waals surface area contributed by atoms with Crippen molar-refractivity contribution in [1.29, 1.82) is 5.26 Å². The SMILES string of the molecule is CC(O)c1cccc(F)c1N(CCC#N)c1ccccc1. The maximum Gasteiger partial charge on any atom is 0.147 e. The van der Waals surface area contributed by atoms with Crippen LogP contribution in [0.4, 0.5) is 15.8 Å². The highest BCUT2D eigenvalue weighted by Crippen LogP contribution is 2.34. The summed E-state index contributed by atoms with van der Waals surface area (Å²) in [5.41, 5.74) is 1.63. The van der Waals surface area contributed by atoms with Gasteiger partial charge in [0.2, 0.25) is 0 Å². The molecule has 2 rings (SSSR count). The minimum Gasteiger partial charge on any atom is -0.389 e. The van der Waals surface area contributed by atoms with Gasteiger partial charge in [0.05, 0.1) is 24.3 Å². The summed E-state index contributed by atoms with van der Waals surface area (Å²) in [6, 6.07) is 16.0. The van der Waals surface area contributed by atoms with E-state index in [0.717, 1.165) is 5.69 Å². The Hall–Kier alpha value is -2.38. The average Bonchev–Trinajstić information content (AvgIpc) is 2.49. The highest BCUT2D eigenvalue weighted by atomic mass is 19.1. The molecule has 1 atom stereocenters. The van der Waals surface area contributed by atoms with E-state index in [4.69, 9.17) is 5.26 Å². The van der Waals surface area contributed by atoms with Crippen LogP contribution in [0.25, 0.3) is 0 Å². The number of aliphatic hydroxyl groups is 1. The van der Waals surface area contributed by atoms with Crippen LogP contribution < -0.4 is 4.90 Å². The Morgan fingerprint density at radius 2 is 1.90 bits per heavy atom. The van der Waals surface area contributed by atoms with E-state index in [1.54, 1.807) is 24.0 Å². The van der Waals surface area contributed by atoms with Crippen molar-refractivity contribution in [3.63, 3.8) is 0 Å². The Morgan fingerprint density at radius 3 is 2.52 bits per heavy atom. The van der Waals surface area contributed by atoms with Gasteiger partial charge in [0.1, 0.15) is 5.82 Å². The number of hydrogen-bond donors (Lipinski definition) is 1. The first kappa shape index (κ1) is 15.0. The normalized spacial score (nSPS) is 11.7. The van der Waals surface area contributed by atoms with Crippen molar-refractivity contribution >= 4 is 11.4 Å². The van der Waals surface area contributed by atoms with Gasteiger partial charge in [0.25, 0.3) is 0 Å². The Morgan fingerprint density at radius 1 is 1.19 bits per heavy atom. The summed E-state index contributed by atoms with van der Waals surface area (Å²) in [6.07, 6.45) is -0.522. The summed E-state index contributed by atoms with van der Waals surface area (Å²) < 4.78 is 14.3. The second-order valence-corrected chi connectivity index (χ2v) is 4.75. The van der Waals surface area contributed by atoms with Gasteiger partial charge in [-0.3, -0.25) is 0 Å². The molecule has 0 aromatic heterocycles. The number of benzene rings is 2. The lowest BCUT2D eigenvalue weighted by atomic mass is 10.1. The van der Waals surface area contributed by atoms with E-state index in [0.29, 0.717) is 17.8 Å². The molecule has 1 unspecified atom stereocenters. The minimum atomic E-state index is -0.788. The number of nitriles is 1. The molecule has 0 aliphatic heterocycles. The number of nitrogens with zero attached hydrogens (tertiary/aromatic N) is 2. The standard InChI is InChI=1S/C17H17FN2O/c1-13(21)15-9-5-10-16(18)17(15)20(12-6-11-19)14-7-3-2-4-8-14/h2-5,7-10,13,21H,6,12H2,1H3. The van der Waals surface area contributed by atoms with Crippen LogP contribution in [0, 0.1) is 17.1 Å². The van der Waals surface area contributed by atoms with Crippen LogP contribution in [0.3, 0.4) is 0 Å². The van der Waals surface area contributed by atoms with Crippen LogP contribution >= 0.6 is 0 Å². The lowest BCUT2D eigenvalue weighted by Gasteiger charge is -2.27. The van der Waals surface area contributed by atoms with Crippen molar-refractivity contribution in [2.45, 2.75) is 19.4 Å². The second-order valence-electron chi connectivity index (χ2n) is 4.75. The number of rotatable bonds is 5. The first-order chi connectivity index (χ1) is 10.1. The molecule has 4 heteroatoms. The van der Waals surface area contributed by atoms with Gasteiger partial charge in [0.15, 0.2) is 0 Å². The van der Waals surface area contributed by atoms with Crippen LogP contribution in [0.5, 0.6) is 0 Å². The zero-order valence-corrected chi connectivity index (χ0v) is 11.8. The number of hydrogen-bond acceptors (Lipinski definition) is 3. The third-order valence-corrected chi connectivity index (χ3v) is 3.25. The highest BCUT2D eigenvalue weighted by molar-refractivity contribution is 5.67. The van der Waals surface area contributed by atoms with E-state index in [-0.39, 0.29) is 6.42 Å². The maximum absolute atomic E-state index is 14.3. The van der Waals surface area contributed by atoms with E-state index in [1.165, 1.54) is 6.07 Å². The molecule has 0 amide bonds. The van der Waals surface area contributed by atoms with Crippen molar-refractivity contribution in [1.82, 2.24) is 0 Å². The summed E-state index contributed by atoms with van der Waals surface area (Å²) in [4.78, 5) is 1.74. The third-order valence-electron chi connectivity index (χ3n) is 3.25. The molecular formula is C17H17FN2O. The third kappa shape index (κ3) is 3.39. The average molecular weight is 284 g/mol. The zero-order valence-electron chi connectivity index (χ0n) is 11.8. The predicted molar refractivity (Wildman–Crippen MR) is 80.7 cm³/mol. The van der Waals surface area contributed by atoms with Crippen LogP contribution in [0.1, 0.15) is 25.0 Å². The lowest BCUT2D eigenvalue weighted by molar-refractivity contribution is 0.199. The number of halogens is 1. The molecule has 3 nitrogen and oxygen atoms in total. The van der Waals surface area contributed by atoms with Gasteiger partial charge in [-0.2, -0.15) is 5.26 Å². The Kier molecular flexibility index (Phi) is 4.91. The van der Waals surface area contributed by atoms with E-state index in [2.05, 4.69) is 6.07 Å². The van der Waals surface area contributed by atoms with Crippen LogP contribution in [0.2, 0.25) is 0 Å². The van der Waals surface area contributed by atoms with Gasteiger partial charge >= 0.3 is 0 Å². The highest BCUT2D eigenvalue weighted by Gasteiger charge is 2.19. The first-order valence-electron chi connectivity index (χ1n) is 6.81. The largest absolute Gasteiger partial charge is 0.389 e. The Bertz CT molecular complexity index is 635. The summed E-state index contributed by atoms with van der Waals surface area (Å²) in [6.45, 7) is 1.97. The summed E-state index contributed by atoms with van der Waals surface area (Å²) in [5.74, 6) is -0.407. The molecule has 2 aromatic rings. The molecule has 0 heterocycles. The van der Waals surface area contributed by atoms with Crippen molar-refractivity contribution in [2.75, 3.05) is 11.4 Å². The Balaban J connectivity index is 2.54. The summed E-state index contributed by atoms with van der Waals surface area (Å²) in [7, 11) is 0. The minimum absolute atomic E-state index is 0.266. The van der Waals surface area contributed by atoms with Crippen LogP contribution in [-0.4, -0.2) is 11.7 Å². The topological polar surface area (TPSA) is 47.3 Å². The van der Waals surface area contributed by atoms with E-state index >= 15 is 0 Å². The van der Waals surface area contributed by atoms with Crippen molar-refractivity contribution in [3.8, 4) is 6.07 Å². The lowest BCUT2D eigenvalue weighted by Crippen LogP contribution is -2.21. The number of aliphatic hydroxyl groups excluding tert-OH is 1. The fourth-order valence-corrected chi connectivity index (χ4v) is 2.29. The van der Waals surface area contributed by atoms with Gasteiger partial charge in [-0.25, -0.2) is 4.39 Å². The quantitative estimate of drug-likeness (QED) is 0.905. The molecule has 0 radical (unpaired) electrons. The molecule has 0 aliphatic rings. The van der Waals surface area contributed by atoms with Gasteiger partial charge < -0.3 is 10.0 Å². The molecule has 1 N–H and O–H groups in total. The predicted octanol–water partition coefficient (Wildman–Crippen LogP) is 3.93. The Labute approximate surface area is 123 Å². The second kappa shape index (κ2) is 6.87. The summed E-state index contributed by atoms with van der Waals surface area (Å²) in [5, 5.41) is 18.7. The van der Waals surface area contributed by atoms with E-state index in [1.807, 2.05) is 30.3 Å². The smallest absolute Gasteiger partial charge is 0.147 e. The molecule has 0 bridgehead atoms. The molecule has 2 aromatic carbocycles. The van der Waals surface area contributed by atoms with Gasteiger partial charge in [0, 0.05) is 17.8 Å². The molecule has 21 heavy (non-hydrogen) atoms. The maximum atomic E-state index is 14.3. The monoisotopic (exact) mass is 284 g/mol. The number of para-hydroxylation sites is 2. The summed E-state index contributed by atoms with van der Waals surface area (Å²) >= 11 is 0. The fourth-order valence-electron chi connectivity index (χ4n) is 2.29. The zero-order chi connectivity index (χ0) is 15.2. The molecule has 108 valence electrons. The van der Waals surface area contributed by atoms with Gasteiger partial charge in [-0.1, -0.05) is 30.3 Å². The fraction of sp³-hybridized carbons (Fsp3) is 0.235. The van der Waals surface area contributed by atoms with Crippen molar-refractivity contribution < 1.29 is 9.50 Å². The van der Waals surface area contributed by atoms with E-state index in [9.17, 15) is 9.50 Å². The number of anilines is 2. The van der Waals surface area contributed by atoms with Crippen LogP contribution in [-0.2, 0) is 0 Å². The van der Waals surface area contributed by atoms with Gasteiger partial charge in [-0.15, -0.1) is 0 Å². The molecule has 0 saturated carbocycles. The molecule has 0 aliphatic carbocycles. The first-order valence-corrected chi connectivity index (χ1v) is 6.81. The molecule has 0 fully saturated rings. The molecule has 0 saturated heterocycles. The molecular weight excluding hydrogens is 267 g/mol. The van der Waals surface area contributed by atoms with Crippen molar-refractivity contribution in [3.05, 3.63) is 59.9 Å².